The van der Waals surface area contributed by atoms with E-state index in [2.05, 4.69) is 48.5 Å². The van der Waals surface area contributed by atoms with Gasteiger partial charge in [0.2, 0.25) is 0 Å². The number of carbonyl (C=O) groups excluding carboxylic acids is 1. The molecule has 3 aromatic rings. The van der Waals surface area contributed by atoms with Gasteiger partial charge in [-0.15, -0.1) is 0 Å². The third-order valence-corrected chi connectivity index (χ3v) is 6.51. The quantitative estimate of drug-likeness (QED) is 0.645. The zero-order valence-corrected chi connectivity index (χ0v) is 15.1. The zero-order chi connectivity index (χ0) is 18.4. The van der Waals surface area contributed by atoms with Crippen LogP contribution < -0.4 is 0 Å². The van der Waals surface area contributed by atoms with Gasteiger partial charge in [-0.25, -0.2) is 0 Å². The lowest BCUT2D eigenvalue weighted by atomic mass is 9.47. The van der Waals surface area contributed by atoms with Crippen molar-refractivity contribution in [2.45, 2.75) is 24.7 Å². The summed E-state index contributed by atoms with van der Waals surface area (Å²) < 4.78 is 0. The van der Waals surface area contributed by atoms with Crippen LogP contribution in [0.2, 0.25) is 0 Å². The van der Waals surface area contributed by atoms with Crippen LogP contribution in [0.25, 0.3) is 0 Å². The van der Waals surface area contributed by atoms with E-state index in [9.17, 15) is 9.90 Å². The Morgan fingerprint density at radius 2 is 1.52 bits per heavy atom. The fourth-order valence-electron chi connectivity index (χ4n) is 5.34. The molecule has 1 fully saturated rings. The lowest BCUT2D eigenvalue weighted by molar-refractivity contribution is 0.0481. The molecular weight excluding hydrogens is 332 g/mol. The van der Waals surface area contributed by atoms with Gasteiger partial charge in [0.15, 0.2) is 5.78 Å². The van der Waals surface area contributed by atoms with Gasteiger partial charge < -0.3 is 5.11 Å². The molecule has 4 atom stereocenters. The number of benzene rings is 3. The molecule has 0 aliphatic heterocycles. The predicted octanol–water partition coefficient (Wildman–Crippen LogP) is 5.33. The lowest BCUT2D eigenvalue weighted by Gasteiger charge is -2.55. The molecule has 0 spiro atoms. The number of aromatic hydroxyl groups is 1. The summed E-state index contributed by atoms with van der Waals surface area (Å²) in [6.45, 7) is 0. The van der Waals surface area contributed by atoms with Crippen LogP contribution in [-0.2, 0) is 6.42 Å². The number of fused-ring (bicyclic) bond motifs is 3. The van der Waals surface area contributed by atoms with Crippen molar-refractivity contribution in [2.24, 2.45) is 11.8 Å². The molecule has 134 valence electrons. The molecule has 0 saturated heterocycles. The topological polar surface area (TPSA) is 37.3 Å². The van der Waals surface area contributed by atoms with Crippen molar-refractivity contribution in [2.75, 3.05) is 0 Å². The number of hydrogen-bond donors (Lipinski definition) is 1. The Kier molecular flexibility index (Phi) is 3.86. The maximum absolute atomic E-state index is 13.4. The molecule has 2 aliphatic carbocycles. The number of ketones is 1. The van der Waals surface area contributed by atoms with E-state index in [1.165, 1.54) is 16.7 Å². The Hall–Kier alpha value is -2.87. The van der Waals surface area contributed by atoms with Crippen molar-refractivity contribution in [3.63, 3.8) is 0 Å². The van der Waals surface area contributed by atoms with Crippen LogP contribution in [0, 0.1) is 11.8 Å². The lowest BCUT2D eigenvalue weighted by Crippen LogP contribution is -2.49. The van der Waals surface area contributed by atoms with Crippen molar-refractivity contribution in [1.82, 2.24) is 0 Å². The Labute approximate surface area is 159 Å². The van der Waals surface area contributed by atoms with Gasteiger partial charge in [0.25, 0.3) is 0 Å². The first-order chi connectivity index (χ1) is 13.3. The van der Waals surface area contributed by atoms with Gasteiger partial charge in [-0.2, -0.15) is 0 Å². The number of rotatable bonds is 3. The standard InChI is InChI=1S/C25H22O2/c26-21-13-7-6-12-19(21)25(27)24-20-15-14-16-8-4-5-11-18(16)23(20)22(24)17-9-2-1-3-10-17/h1-13,20,22-24,26H,14-15H2/t20-,22+,23+,24+/m0/s1. The molecule has 1 saturated carbocycles. The maximum atomic E-state index is 13.4. The second kappa shape index (κ2) is 6.38. The van der Waals surface area contributed by atoms with Crippen LogP contribution in [0.1, 0.15) is 45.3 Å². The van der Waals surface area contributed by atoms with Crippen molar-refractivity contribution in [1.29, 1.82) is 0 Å². The average molecular weight is 354 g/mol. The highest BCUT2D eigenvalue weighted by Crippen LogP contribution is 2.62. The Morgan fingerprint density at radius 3 is 2.33 bits per heavy atom. The Morgan fingerprint density at radius 1 is 0.815 bits per heavy atom. The van der Waals surface area contributed by atoms with E-state index in [1.54, 1.807) is 18.2 Å². The van der Waals surface area contributed by atoms with Crippen LogP contribution in [0.5, 0.6) is 5.75 Å². The zero-order valence-electron chi connectivity index (χ0n) is 15.1. The van der Waals surface area contributed by atoms with E-state index in [-0.39, 0.29) is 23.4 Å². The minimum absolute atomic E-state index is 0.0703. The SMILES string of the molecule is O=C(c1ccccc1O)[C@@H]1[C@H]2CCc3ccccc3[C@H]2[C@H]1c1ccccc1. The summed E-state index contributed by atoms with van der Waals surface area (Å²) in [6.07, 6.45) is 2.07. The fraction of sp³-hybridized carbons (Fsp3) is 0.240. The minimum atomic E-state index is -0.0703. The first-order valence-corrected chi connectivity index (χ1v) is 9.70. The molecule has 0 amide bonds. The van der Waals surface area contributed by atoms with Crippen LogP contribution >= 0.6 is 0 Å². The molecule has 0 heterocycles. The summed E-state index contributed by atoms with van der Waals surface area (Å²) in [5.74, 6) is 1.01. The smallest absolute Gasteiger partial charge is 0.170 e. The second-order valence-electron chi connectivity index (χ2n) is 7.77. The van der Waals surface area contributed by atoms with Crippen LogP contribution in [-0.4, -0.2) is 10.9 Å². The number of aryl methyl sites for hydroxylation is 1. The van der Waals surface area contributed by atoms with Crippen molar-refractivity contribution in [3.05, 3.63) is 101 Å². The van der Waals surface area contributed by atoms with Crippen LogP contribution in [0.3, 0.4) is 0 Å². The normalized spacial score (nSPS) is 25.8. The first-order valence-electron chi connectivity index (χ1n) is 9.70. The summed E-state index contributed by atoms with van der Waals surface area (Å²) >= 11 is 0. The predicted molar refractivity (Wildman–Crippen MR) is 106 cm³/mol. The summed E-state index contributed by atoms with van der Waals surface area (Å²) in [5.41, 5.74) is 4.52. The van der Waals surface area contributed by atoms with E-state index < -0.39 is 0 Å². The van der Waals surface area contributed by atoms with Gasteiger partial charge >= 0.3 is 0 Å². The van der Waals surface area contributed by atoms with Crippen molar-refractivity contribution >= 4 is 5.78 Å². The van der Waals surface area contributed by atoms with E-state index in [0.29, 0.717) is 17.4 Å². The second-order valence-corrected chi connectivity index (χ2v) is 7.77. The molecule has 2 heteroatoms. The average Bonchev–Trinajstić information content (AvgIpc) is 2.69. The van der Waals surface area contributed by atoms with Gasteiger partial charge in [0.1, 0.15) is 5.75 Å². The van der Waals surface area contributed by atoms with Crippen LogP contribution in [0.15, 0.2) is 78.9 Å². The number of para-hydroxylation sites is 1. The van der Waals surface area contributed by atoms with Gasteiger partial charge in [0, 0.05) is 11.8 Å². The molecule has 0 bridgehead atoms. The molecule has 2 aliphatic rings. The highest BCUT2D eigenvalue weighted by Gasteiger charge is 2.56. The summed E-state index contributed by atoms with van der Waals surface area (Å²) in [6, 6.07) is 26.1. The number of phenolic OH excluding ortho intramolecular Hbond substituents is 1. The summed E-state index contributed by atoms with van der Waals surface area (Å²) in [7, 11) is 0. The molecular formula is C25H22O2. The molecule has 2 nitrogen and oxygen atoms in total. The first kappa shape index (κ1) is 16.3. The van der Waals surface area contributed by atoms with Crippen LogP contribution in [0.4, 0.5) is 0 Å². The van der Waals surface area contributed by atoms with Crippen molar-refractivity contribution < 1.29 is 9.90 Å². The Bertz CT molecular complexity index is 992. The number of phenols is 1. The van der Waals surface area contributed by atoms with Gasteiger partial charge in [-0.1, -0.05) is 66.7 Å². The molecule has 3 aromatic carbocycles. The third-order valence-electron chi connectivity index (χ3n) is 6.51. The van der Waals surface area contributed by atoms with Crippen molar-refractivity contribution in [3.8, 4) is 5.75 Å². The summed E-state index contributed by atoms with van der Waals surface area (Å²) in [4.78, 5) is 13.4. The highest BCUT2D eigenvalue weighted by molar-refractivity contribution is 6.02. The maximum Gasteiger partial charge on any atom is 0.170 e. The number of carbonyl (C=O) groups is 1. The monoisotopic (exact) mass is 354 g/mol. The van der Waals surface area contributed by atoms with E-state index in [0.717, 1.165) is 12.8 Å². The molecule has 1 N–H and O–H groups in total. The molecule has 0 aromatic heterocycles. The van der Waals surface area contributed by atoms with Gasteiger partial charge in [0.05, 0.1) is 5.56 Å². The molecule has 0 unspecified atom stereocenters. The Balaban J connectivity index is 1.60. The third kappa shape index (κ3) is 2.51. The highest BCUT2D eigenvalue weighted by atomic mass is 16.3. The van der Waals surface area contributed by atoms with E-state index >= 15 is 0 Å². The van der Waals surface area contributed by atoms with E-state index in [4.69, 9.17) is 0 Å². The molecule has 0 radical (unpaired) electrons. The molecule has 5 rings (SSSR count). The number of Topliss-reactive ketones (excluding diaryl/α,β-unsaturated/α-hetero) is 1. The number of hydrogen-bond acceptors (Lipinski definition) is 2. The summed E-state index contributed by atoms with van der Waals surface area (Å²) in [5, 5.41) is 10.2. The fourth-order valence-corrected chi connectivity index (χ4v) is 5.34. The molecule has 27 heavy (non-hydrogen) atoms. The van der Waals surface area contributed by atoms with Gasteiger partial charge in [-0.3, -0.25) is 4.79 Å². The van der Waals surface area contributed by atoms with E-state index in [1.807, 2.05) is 12.1 Å². The minimum Gasteiger partial charge on any atom is -0.507 e. The van der Waals surface area contributed by atoms with Gasteiger partial charge in [-0.05, 0) is 53.5 Å². The largest absolute Gasteiger partial charge is 0.507 e.